The van der Waals surface area contributed by atoms with E-state index in [4.69, 9.17) is 0 Å². The van der Waals surface area contributed by atoms with Gasteiger partial charge in [-0.05, 0) is 49.9 Å². The van der Waals surface area contributed by atoms with E-state index in [-0.39, 0.29) is 5.91 Å². The first kappa shape index (κ1) is 13.6. The highest BCUT2D eigenvalue weighted by atomic mass is 16.4. The van der Waals surface area contributed by atoms with Crippen LogP contribution in [-0.2, 0) is 9.59 Å². The molecule has 1 amide bonds. The van der Waals surface area contributed by atoms with Gasteiger partial charge >= 0.3 is 5.97 Å². The number of anilines is 1. The quantitative estimate of drug-likeness (QED) is 0.851. The molecule has 0 saturated heterocycles. The molecule has 0 bridgehead atoms. The Hall–Kier alpha value is -1.84. The van der Waals surface area contributed by atoms with Gasteiger partial charge in [0.1, 0.15) is 5.41 Å². The van der Waals surface area contributed by atoms with Crippen LogP contribution in [0.2, 0.25) is 0 Å². The number of hydrogen-bond acceptors (Lipinski definition) is 2. The number of carbonyl (C=O) groups is 2. The second-order valence-electron chi connectivity index (χ2n) is 5.37. The Balaban J connectivity index is 2.28. The fraction of sp³-hybridized carbons (Fsp3) is 0.467. The molecule has 19 heavy (non-hydrogen) atoms. The SMILES string of the molecule is Cc1ccc(N(C)C(=O)C2(C(=O)O)CCC2)cc1C. The number of benzene rings is 1. The minimum Gasteiger partial charge on any atom is -0.480 e. The van der Waals surface area contributed by atoms with Crippen molar-refractivity contribution in [3.8, 4) is 0 Å². The molecule has 1 aromatic rings. The summed E-state index contributed by atoms with van der Waals surface area (Å²) in [5, 5.41) is 9.30. The molecule has 0 heterocycles. The van der Waals surface area contributed by atoms with Crippen molar-refractivity contribution in [2.45, 2.75) is 33.1 Å². The van der Waals surface area contributed by atoms with E-state index < -0.39 is 11.4 Å². The first-order chi connectivity index (χ1) is 8.88. The van der Waals surface area contributed by atoms with Gasteiger partial charge in [0, 0.05) is 12.7 Å². The monoisotopic (exact) mass is 261 g/mol. The van der Waals surface area contributed by atoms with E-state index in [0.29, 0.717) is 12.8 Å². The smallest absolute Gasteiger partial charge is 0.319 e. The Morgan fingerprint density at radius 3 is 2.26 bits per heavy atom. The Bertz CT molecular complexity index is 532. The standard InChI is InChI=1S/C15H19NO3/c1-10-5-6-12(9-11(10)2)16(3)13(17)15(14(18)19)7-4-8-15/h5-6,9H,4,7-8H2,1-3H3,(H,18,19). The van der Waals surface area contributed by atoms with Crippen molar-refractivity contribution in [2.75, 3.05) is 11.9 Å². The third-order valence-corrected chi connectivity index (χ3v) is 4.21. The molecule has 0 spiro atoms. The molecule has 0 atom stereocenters. The van der Waals surface area contributed by atoms with Crippen molar-refractivity contribution < 1.29 is 14.7 Å². The molecule has 102 valence electrons. The number of amides is 1. The molecule has 0 unspecified atom stereocenters. The Labute approximate surface area is 113 Å². The highest BCUT2D eigenvalue weighted by Gasteiger charge is 2.52. The highest BCUT2D eigenvalue weighted by Crippen LogP contribution is 2.43. The second kappa shape index (κ2) is 4.68. The van der Waals surface area contributed by atoms with Gasteiger partial charge in [0.15, 0.2) is 0 Å². The summed E-state index contributed by atoms with van der Waals surface area (Å²) in [6.07, 6.45) is 1.69. The summed E-state index contributed by atoms with van der Waals surface area (Å²) >= 11 is 0. The number of rotatable bonds is 3. The van der Waals surface area contributed by atoms with Crippen LogP contribution in [0.4, 0.5) is 5.69 Å². The molecule has 2 rings (SSSR count). The minimum atomic E-state index is -1.20. The van der Waals surface area contributed by atoms with E-state index in [1.807, 2.05) is 32.0 Å². The van der Waals surface area contributed by atoms with Gasteiger partial charge in [0.2, 0.25) is 5.91 Å². The predicted octanol–water partition coefficient (Wildman–Crippen LogP) is 2.52. The number of aryl methyl sites for hydroxylation is 2. The number of carbonyl (C=O) groups excluding carboxylic acids is 1. The van der Waals surface area contributed by atoms with Crippen LogP contribution in [0.15, 0.2) is 18.2 Å². The fourth-order valence-corrected chi connectivity index (χ4v) is 2.42. The zero-order valence-electron chi connectivity index (χ0n) is 11.6. The van der Waals surface area contributed by atoms with Crippen molar-refractivity contribution in [1.82, 2.24) is 0 Å². The third-order valence-electron chi connectivity index (χ3n) is 4.21. The van der Waals surface area contributed by atoms with Gasteiger partial charge < -0.3 is 10.0 Å². The molecular formula is C15H19NO3. The van der Waals surface area contributed by atoms with Gasteiger partial charge in [0.05, 0.1) is 0 Å². The van der Waals surface area contributed by atoms with Crippen LogP contribution in [0.25, 0.3) is 0 Å². The summed E-state index contributed by atoms with van der Waals surface area (Å²) in [6, 6.07) is 5.72. The van der Waals surface area contributed by atoms with Gasteiger partial charge in [-0.3, -0.25) is 9.59 Å². The average Bonchev–Trinajstić information content (AvgIpc) is 2.29. The molecule has 1 aromatic carbocycles. The molecule has 0 aromatic heterocycles. The van der Waals surface area contributed by atoms with E-state index >= 15 is 0 Å². The maximum atomic E-state index is 12.4. The van der Waals surface area contributed by atoms with Crippen LogP contribution in [0.5, 0.6) is 0 Å². The van der Waals surface area contributed by atoms with Crippen LogP contribution in [0.3, 0.4) is 0 Å². The number of nitrogens with zero attached hydrogens (tertiary/aromatic N) is 1. The van der Waals surface area contributed by atoms with Crippen LogP contribution in [0.1, 0.15) is 30.4 Å². The zero-order chi connectivity index (χ0) is 14.2. The largest absolute Gasteiger partial charge is 0.480 e. The lowest BCUT2D eigenvalue weighted by molar-refractivity contribution is -0.160. The van der Waals surface area contributed by atoms with Crippen LogP contribution >= 0.6 is 0 Å². The summed E-state index contributed by atoms with van der Waals surface area (Å²) in [5.74, 6) is -1.31. The van der Waals surface area contributed by atoms with Gasteiger partial charge in [-0.15, -0.1) is 0 Å². The molecule has 4 heteroatoms. The van der Waals surface area contributed by atoms with Crippen molar-refractivity contribution in [2.24, 2.45) is 5.41 Å². The lowest BCUT2D eigenvalue weighted by Crippen LogP contribution is -2.51. The lowest BCUT2D eigenvalue weighted by Gasteiger charge is -2.38. The molecule has 4 nitrogen and oxygen atoms in total. The fourth-order valence-electron chi connectivity index (χ4n) is 2.42. The topological polar surface area (TPSA) is 57.6 Å². The van der Waals surface area contributed by atoms with E-state index in [2.05, 4.69) is 0 Å². The van der Waals surface area contributed by atoms with Crippen LogP contribution in [0, 0.1) is 19.3 Å². The van der Waals surface area contributed by atoms with Crippen molar-refractivity contribution in [3.63, 3.8) is 0 Å². The highest BCUT2D eigenvalue weighted by molar-refractivity contribution is 6.10. The Morgan fingerprint density at radius 1 is 1.21 bits per heavy atom. The minimum absolute atomic E-state index is 0.311. The van der Waals surface area contributed by atoms with Crippen molar-refractivity contribution in [1.29, 1.82) is 0 Å². The van der Waals surface area contributed by atoms with Crippen molar-refractivity contribution >= 4 is 17.6 Å². The van der Waals surface area contributed by atoms with E-state index in [0.717, 1.165) is 23.2 Å². The van der Waals surface area contributed by atoms with Crippen LogP contribution in [-0.4, -0.2) is 24.0 Å². The third kappa shape index (κ3) is 2.11. The van der Waals surface area contributed by atoms with Gasteiger partial charge in [-0.1, -0.05) is 12.5 Å². The first-order valence-electron chi connectivity index (χ1n) is 6.47. The molecule has 1 N–H and O–H groups in total. The first-order valence-corrected chi connectivity index (χ1v) is 6.47. The molecular weight excluding hydrogens is 242 g/mol. The molecule has 0 radical (unpaired) electrons. The molecule has 1 saturated carbocycles. The second-order valence-corrected chi connectivity index (χ2v) is 5.37. The molecule has 1 aliphatic rings. The van der Waals surface area contributed by atoms with Crippen molar-refractivity contribution in [3.05, 3.63) is 29.3 Å². The van der Waals surface area contributed by atoms with Crippen LogP contribution < -0.4 is 4.90 Å². The number of carboxylic acids is 1. The predicted molar refractivity (Wildman–Crippen MR) is 73.2 cm³/mol. The van der Waals surface area contributed by atoms with E-state index in [1.165, 1.54) is 4.90 Å². The lowest BCUT2D eigenvalue weighted by atomic mass is 9.68. The number of carboxylic acid groups (broad SMARTS) is 1. The average molecular weight is 261 g/mol. The summed E-state index contributed by atoms with van der Waals surface area (Å²) in [7, 11) is 1.65. The molecule has 0 aliphatic heterocycles. The summed E-state index contributed by atoms with van der Waals surface area (Å²) in [5.41, 5.74) is 1.80. The normalized spacial score (nSPS) is 16.6. The summed E-state index contributed by atoms with van der Waals surface area (Å²) in [4.78, 5) is 25.3. The molecule has 1 aliphatic carbocycles. The van der Waals surface area contributed by atoms with Gasteiger partial charge in [0.25, 0.3) is 0 Å². The Morgan fingerprint density at radius 2 is 1.84 bits per heavy atom. The maximum Gasteiger partial charge on any atom is 0.319 e. The van der Waals surface area contributed by atoms with Gasteiger partial charge in [-0.2, -0.15) is 0 Å². The maximum absolute atomic E-state index is 12.4. The summed E-state index contributed by atoms with van der Waals surface area (Å²) in [6.45, 7) is 3.99. The summed E-state index contributed by atoms with van der Waals surface area (Å²) < 4.78 is 0. The molecule has 1 fully saturated rings. The number of hydrogen-bond donors (Lipinski definition) is 1. The van der Waals surface area contributed by atoms with Gasteiger partial charge in [-0.25, -0.2) is 0 Å². The number of aliphatic carboxylic acids is 1. The van der Waals surface area contributed by atoms with E-state index in [1.54, 1.807) is 7.05 Å². The van der Waals surface area contributed by atoms with E-state index in [9.17, 15) is 14.7 Å². The Kier molecular flexibility index (Phi) is 3.35. The zero-order valence-corrected chi connectivity index (χ0v) is 11.6.